The molecule has 2 heterocycles. The molecule has 8 nitrogen and oxygen atoms in total. The van der Waals surface area contributed by atoms with Crippen LogP contribution in [-0.4, -0.2) is 56.7 Å². The van der Waals surface area contributed by atoms with E-state index in [0.29, 0.717) is 25.3 Å². The van der Waals surface area contributed by atoms with Gasteiger partial charge >= 0.3 is 5.97 Å². The third kappa shape index (κ3) is 3.42. The molecule has 1 atom stereocenters. The zero-order valence-electron chi connectivity index (χ0n) is 13.5. The molecule has 0 N–H and O–H groups in total. The number of carbonyl (C=O) groups excluding carboxylic acids is 2. The number of piperidine rings is 1. The van der Waals surface area contributed by atoms with Crippen molar-refractivity contribution in [1.82, 2.24) is 25.1 Å². The van der Waals surface area contributed by atoms with Gasteiger partial charge in [-0.05, 0) is 54.5 Å². The van der Waals surface area contributed by atoms with Gasteiger partial charge in [0.05, 0.1) is 18.2 Å². The lowest BCUT2D eigenvalue weighted by Crippen LogP contribution is -2.42. The van der Waals surface area contributed by atoms with E-state index in [9.17, 15) is 9.59 Å². The first-order valence-electron chi connectivity index (χ1n) is 7.98. The van der Waals surface area contributed by atoms with Gasteiger partial charge in [0.25, 0.3) is 5.91 Å². The lowest BCUT2D eigenvalue weighted by molar-refractivity contribution is -0.149. The van der Waals surface area contributed by atoms with Crippen LogP contribution in [0.4, 0.5) is 0 Å². The number of carbonyl (C=O) groups is 2. The zero-order chi connectivity index (χ0) is 16.9. The lowest BCUT2D eigenvalue weighted by atomic mass is 9.97. The summed E-state index contributed by atoms with van der Waals surface area (Å²) < 4.78 is 6.59. The number of ether oxygens (including phenoxy) is 1. The summed E-state index contributed by atoms with van der Waals surface area (Å²) in [6.07, 6.45) is 3.06. The van der Waals surface area contributed by atoms with Gasteiger partial charge in [0.1, 0.15) is 6.33 Å². The molecule has 0 radical (unpaired) electrons. The summed E-state index contributed by atoms with van der Waals surface area (Å²) in [5.74, 6) is -0.528. The number of amides is 1. The third-order valence-electron chi connectivity index (χ3n) is 4.06. The monoisotopic (exact) mass is 329 g/mol. The van der Waals surface area contributed by atoms with Crippen LogP contribution in [0, 0.1) is 5.92 Å². The van der Waals surface area contributed by atoms with Gasteiger partial charge in [-0.2, -0.15) is 0 Å². The minimum atomic E-state index is -0.233. The molecule has 1 aromatic heterocycles. The van der Waals surface area contributed by atoms with E-state index in [4.69, 9.17) is 4.74 Å². The fourth-order valence-corrected chi connectivity index (χ4v) is 2.83. The number of hydrogen-bond donors (Lipinski definition) is 0. The van der Waals surface area contributed by atoms with Crippen molar-refractivity contribution < 1.29 is 14.3 Å². The van der Waals surface area contributed by atoms with Crippen LogP contribution in [0.3, 0.4) is 0 Å². The normalized spacial score (nSPS) is 17.5. The Hall–Kier alpha value is -2.77. The predicted octanol–water partition coefficient (Wildman–Crippen LogP) is 1.08. The van der Waals surface area contributed by atoms with Crippen LogP contribution >= 0.6 is 0 Å². The van der Waals surface area contributed by atoms with Crippen molar-refractivity contribution in [3.63, 3.8) is 0 Å². The summed E-state index contributed by atoms with van der Waals surface area (Å²) in [5.41, 5.74) is 1.36. The first-order valence-corrected chi connectivity index (χ1v) is 7.98. The molecule has 1 aromatic carbocycles. The highest BCUT2D eigenvalue weighted by atomic mass is 16.5. The molecule has 0 unspecified atom stereocenters. The maximum Gasteiger partial charge on any atom is 0.310 e. The van der Waals surface area contributed by atoms with E-state index < -0.39 is 0 Å². The maximum atomic E-state index is 12.7. The highest BCUT2D eigenvalue weighted by Crippen LogP contribution is 2.20. The zero-order valence-corrected chi connectivity index (χ0v) is 13.5. The van der Waals surface area contributed by atoms with Crippen LogP contribution < -0.4 is 0 Å². The Morgan fingerprint density at radius 2 is 2.08 bits per heavy atom. The summed E-state index contributed by atoms with van der Waals surface area (Å²) in [4.78, 5) is 26.3. The summed E-state index contributed by atoms with van der Waals surface area (Å²) in [6, 6.07) is 7.06. The number of hydrogen-bond acceptors (Lipinski definition) is 6. The van der Waals surface area contributed by atoms with Crippen molar-refractivity contribution in [2.24, 2.45) is 5.92 Å². The Morgan fingerprint density at radius 1 is 1.29 bits per heavy atom. The first-order chi connectivity index (χ1) is 11.7. The van der Waals surface area contributed by atoms with Crippen LogP contribution in [-0.2, 0) is 9.53 Å². The van der Waals surface area contributed by atoms with E-state index >= 15 is 0 Å². The fraction of sp³-hybridized carbons (Fsp3) is 0.438. The number of rotatable bonds is 4. The average Bonchev–Trinajstić information content (AvgIpc) is 3.16. The fourth-order valence-electron chi connectivity index (χ4n) is 2.83. The SMILES string of the molecule is CCOC(=O)[C@H]1CCCN(C(=O)c2ccc(-n3cnnn3)cc2)C1. The van der Waals surface area contributed by atoms with E-state index in [-0.39, 0.29) is 17.8 Å². The average molecular weight is 329 g/mol. The first kappa shape index (κ1) is 16.1. The van der Waals surface area contributed by atoms with Gasteiger partial charge < -0.3 is 9.64 Å². The van der Waals surface area contributed by atoms with E-state index in [0.717, 1.165) is 18.5 Å². The van der Waals surface area contributed by atoms with Crippen LogP contribution in [0.25, 0.3) is 5.69 Å². The van der Waals surface area contributed by atoms with E-state index in [1.54, 1.807) is 36.1 Å². The largest absolute Gasteiger partial charge is 0.466 e. The quantitative estimate of drug-likeness (QED) is 0.780. The molecule has 126 valence electrons. The smallest absolute Gasteiger partial charge is 0.310 e. The lowest BCUT2D eigenvalue weighted by Gasteiger charge is -2.31. The van der Waals surface area contributed by atoms with Crippen molar-refractivity contribution in [3.05, 3.63) is 36.2 Å². The van der Waals surface area contributed by atoms with Crippen molar-refractivity contribution in [3.8, 4) is 5.69 Å². The minimum Gasteiger partial charge on any atom is -0.466 e. The van der Waals surface area contributed by atoms with Gasteiger partial charge in [-0.15, -0.1) is 5.10 Å². The van der Waals surface area contributed by atoms with Gasteiger partial charge in [-0.3, -0.25) is 9.59 Å². The molecule has 0 bridgehead atoms. The Bertz CT molecular complexity index is 699. The molecule has 0 aliphatic carbocycles. The Balaban J connectivity index is 1.68. The van der Waals surface area contributed by atoms with E-state index in [2.05, 4.69) is 15.5 Å². The second-order valence-corrected chi connectivity index (χ2v) is 5.64. The topological polar surface area (TPSA) is 90.2 Å². The number of aromatic nitrogens is 4. The molecule has 1 aliphatic rings. The van der Waals surface area contributed by atoms with Crippen molar-refractivity contribution in [2.75, 3.05) is 19.7 Å². The number of benzene rings is 1. The van der Waals surface area contributed by atoms with Gasteiger partial charge in [0.15, 0.2) is 0 Å². The van der Waals surface area contributed by atoms with Gasteiger partial charge in [-0.1, -0.05) is 0 Å². The highest BCUT2D eigenvalue weighted by molar-refractivity contribution is 5.94. The minimum absolute atomic E-state index is 0.0766. The molecule has 8 heteroatoms. The molecule has 1 aliphatic heterocycles. The van der Waals surface area contributed by atoms with Crippen molar-refractivity contribution >= 4 is 11.9 Å². The second-order valence-electron chi connectivity index (χ2n) is 5.64. The number of esters is 1. The Labute approximate surface area is 139 Å². The molecule has 1 amide bonds. The predicted molar refractivity (Wildman–Crippen MR) is 84.4 cm³/mol. The van der Waals surface area contributed by atoms with E-state index in [1.165, 1.54) is 11.0 Å². The molecule has 1 saturated heterocycles. The van der Waals surface area contributed by atoms with Crippen LogP contribution in [0.5, 0.6) is 0 Å². The number of tetrazole rings is 1. The summed E-state index contributed by atoms with van der Waals surface area (Å²) in [6.45, 7) is 3.22. The van der Waals surface area contributed by atoms with Crippen LogP contribution in [0.15, 0.2) is 30.6 Å². The third-order valence-corrected chi connectivity index (χ3v) is 4.06. The Kier molecular flexibility index (Phi) is 4.83. The Morgan fingerprint density at radius 3 is 2.75 bits per heavy atom. The maximum absolute atomic E-state index is 12.7. The van der Waals surface area contributed by atoms with Gasteiger partial charge in [0.2, 0.25) is 0 Å². The molecular weight excluding hydrogens is 310 g/mol. The number of likely N-dealkylation sites (tertiary alicyclic amines) is 1. The van der Waals surface area contributed by atoms with Crippen LogP contribution in [0.1, 0.15) is 30.1 Å². The summed E-state index contributed by atoms with van der Waals surface area (Å²) in [7, 11) is 0. The molecule has 0 saturated carbocycles. The molecule has 3 rings (SSSR count). The molecule has 1 fully saturated rings. The van der Waals surface area contributed by atoms with Crippen molar-refractivity contribution in [2.45, 2.75) is 19.8 Å². The standard InChI is InChI=1S/C16H19N5O3/c1-2-24-16(23)13-4-3-9-20(10-13)15(22)12-5-7-14(8-6-12)21-11-17-18-19-21/h5-8,11,13H,2-4,9-10H2,1H3/t13-/m0/s1. The molecule has 2 aromatic rings. The molecular formula is C16H19N5O3. The van der Waals surface area contributed by atoms with Gasteiger partial charge in [0, 0.05) is 18.7 Å². The number of nitrogens with zero attached hydrogens (tertiary/aromatic N) is 5. The van der Waals surface area contributed by atoms with E-state index in [1.807, 2.05) is 0 Å². The molecule has 24 heavy (non-hydrogen) atoms. The second kappa shape index (κ2) is 7.20. The summed E-state index contributed by atoms with van der Waals surface area (Å²) in [5, 5.41) is 11.0. The summed E-state index contributed by atoms with van der Waals surface area (Å²) >= 11 is 0. The molecule has 0 spiro atoms. The highest BCUT2D eigenvalue weighted by Gasteiger charge is 2.29. The van der Waals surface area contributed by atoms with Crippen molar-refractivity contribution in [1.29, 1.82) is 0 Å². The van der Waals surface area contributed by atoms with Gasteiger partial charge in [-0.25, -0.2) is 4.68 Å². The van der Waals surface area contributed by atoms with Crippen LogP contribution in [0.2, 0.25) is 0 Å².